The van der Waals surface area contributed by atoms with E-state index in [2.05, 4.69) is 25.7 Å². The number of hydrogen-bond acceptors (Lipinski definition) is 3. The smallest absolute Gasteiger partial charge is 0.275 e. The molecule has 0 spiro atoms. The first-order chi connectivity index (χ1) is 9.91. The average molecular weight is 317 g/mol. The molecule has 0 bridgehead atoms. The fourth-order valence-corrected chi connectivity index (χ4v) is 3.65. The number of alkyl halides is 2. The maximum atomic E-state index is 14.7. The summed E-state index contributed by atoms with van der Waals surface area (Å²) in [5.41, 5.74) is -0.0520. The predicted octanol–water partition coefficient (Wildman–Crippen LogP) is 2.91. The van der Waals surface area contributed by atoms with Gasteiger partial charge in [0.2, 0.25) is 0 Å². The first-order valence-corrected chi connectivity index (χ1v) is 8.53. The topological polar surface area (TPSA) is 9.72 Å². The molecule has 2 heterocycles. The van der Waals surface area contributed by atoms with Crippen molar-refractivity contribution >= 4 is 0 Å². The van der Waals surface area contributed by atoms with E-state index in [1.165, 1.54) is 0 Å². The van der Waals surface area contributed by atoms with Crippen LogP contribution in [0, 0.1) is 0 Å². The fraction of sp³-hybridized carbons (Fsp3) is 1.00. The zero-order chi connectivity index (χ0) is 16.8. The lowest BCUT2D eigenvalue weighted by Crippen LogP contribution is -2.65. The van der Waals surface area contributed by atoms with Crippen molar-refractivity contribution in [3.63, 3.8) is 0 Å². The van der Waals surface area contributed by atoms with Crippen LogP contribution in [0.5, 0.6) is 0 Å². The van der Waals surface area contributed by atoms with Crippen LogP contribution in [0.4, 0.5) is 8.78 Å². The summed E-state index contributed by atoms with van der Waals surface area (Å²) >= 11 is 0. The molecular formula is C17H33F2N3. The largest absolute Gasteiger partial charge is 0.296 e. The summed E-state index contributed by atoms with van der Waals surface area (Å²) in [7, 11) is 0. The molecule has 0 amide bonds. The second-order valence-electron chi connectivity index (χ2n) is 8.85. The van der Waals surface area contributed by atoms with Crippen LogP contribution in [0.1, 0.15) is 48.0 Å². The second kappa shape index (κ2) is 5.99. The molecule has 1 unspecified atom stereocenters. The highest BCUT2D eigenvalue weighted by atomic mass is 19.3. The molecule has 3 nitrogen and oxygen atoms in total. The molecule has 0 aromatic rings. The first-order valence-electron chi connectivity index (χ1n) is 8.53. The second-order valence-corrected chi connectivity index (χ2v) is 8.85. The Kier molecular flexibility index (Phi) is 4.92. The van der Waals surface area contributed by atoms with Crippen molar-refractivity contribution in [2.75, 3.05) is 39.3 Å². The van der Waals surface area contributed by atoms with Gasteiger partial charge >= 0.3 is 0 Å². The molecule has 2 saturated heterocycles. The van der Waals surface area contributed by atoms with Gasteiger partial charge < -0.3 is 0 Å². The van der Waals surface area contributed by atoms with Crippen molar-refractivity contribution in [3.05, 3.63) is 0 Å². The SMILES string of the molecule is CC(C)(C)N1CCN(C2CCN(C(C)(C)C)CC2(F)F)CC1. The van der Waals surface area contributed by atoms with E-state index in [0.717, 1.165) is 32.7 Å². The summed E-state index contributed by atoms with van der Waals surface area (Å²) in [5.74, 6) is -2.62. The van der Waals surface area contributed by atoms with Crippen LogP contribution in [0.2, 0.25) is 0 Å². The van der Waals surface area contributed by atoms with E-state index in [4.69, 9.17) is 0 Å². The molecule has 2 fully saturated rings. The normalized spacial score (nSPS) is 29.7. The highest BCUT2D eigenvalue weighted by Crippen LogP contribution is 2.35. The van der Waals surface area contributed by atoms with Gasteiger partial charge in [-0.25, -0.2) is 8.78 Å². The number of likely N-dealkylation sites (tertiary alicyclic amines) is 1. The molecule has 0 radical (unpaired) electrons. The Morgan fingerprint density at radius 2 is 1.27 bits per heavy atom. The van der Waals surface area contributed by atoms with Crippen LogP contribution in [-0.4, -0.2) is 77.0 Å². The molecule has 0 aromatic carbocycles. The van der Waals surface area contributed by atoms with Crippen molar-refractivity contribution < 1.29 is 8.78 Å². The molecular weight excluding hydrogens is 284 g/mol. The maximum absolute atomic E-state index is 14.7. The van der Waals surface area contributed by atoms with Gasteiger partial charge in [-0.2, -0.15) is 0 Å². The van der Waals surface area contributed by atoms with Crippen LogP contribution in [0.3, 0.4) is 0 Å². The molecule has 2 rings (SSSR count). The first kappa shape index (κ1) is 18.1. The minimum Gasteiger partial charge on any atom is -0.296 e. The third-order valence-electron chi connectivity index (χ3n) is 5.21. The van der Waals surface area contributed by atoms with E-state index in [0.29, 0.717) is 6.42 Å². The standard InChI is InChI=1S/C17H33F2N3/c1-15(2,3)21-11-9-20(10-12-21)14-7-8-22(16(4,5)6)13-17(14,18)19/h14H,7-13H2,1-6H3. The number of rotatable bonds is 1. The third-order valence-corrected chi connectivity index (χ3v) is 5.21. The predicted molar refractivity (Wildman–Crippen MR) is 87.6 cm³/mol. The van der Waals surface area contributed by atoms with Gasteiger partial charge in [0.15, 0.2) is 0 Å². The van der Waals surface area contributed by atoms with E-state index < -0.39 is 12.0 Å². The van der Waals surface area contributed by atoms with E-state index in [9.17, 15) is 8.78 Å². The Hall–Kier alpha value is -0.260. The number of nitrogens with zero attached hydrogens (tertiary/aromatic N) is 3. The number of hydrogen-bond donors (Lipinski definition) is 0. The van der Waals surface area contributed by atoms with Crippen LogP contribution in [0.15, 0.2) is 0 Å². The summed E-state index contributed by atoms with van der Waals surface area (Å²) in [4.78, 5) is 6.35. The molecule has 1 atom stereocenters. The minimum absolute atomic E-state index is 0.110. The summed E-state index contributed by atoms with van der Waals surface area (Å²) in [6.45, 7) is 16.6. The number of piperazine rings is 1. The van der Waals surface area contributed by atoms with Gasteiger partial charge in [0.1, 0.15) is 0 Å². The lowest BCUT2D eigenvalue weighted by molar-refractivity contribution is -0.149. The van der Waals surface area contributed by atoms with Crippen molar-refractivity contribution in [2.24, 2.45) is 0 Å². The van der Waals surface area contributed by atoms with Gasteiger partial charge in [-0.1, -0.05) is 0 Å². The van der Waals surface area contributed by atoms with Crippen LogP contribution in [-0.2, 0) is 0 Å². The summed E-state index contributed by atoms with van der Waals surface area (Å²) < 4.78 is 29.3. The molecule has 0 N–H and O–H groups in total. The Balaban J connectivity index is 1.97. The van der Waals surface area contributed by atoms with Crippen molar-refractivity contribution in [1.29, 1.82) is 0 Å². The lowest BCUT2D eigenvalue weighted by Gasteiger charge is -2.50. The van der Waals surface area contributed by atoms with Gasteiger partial charge in [0, 0.05) is 43.8 Å². The Morgan fingerprint density at radius 3 is 1.68 bits per heavy atom. The highest BCUT2D eigenvalue weighted by Gasteiger charge is 2.49. The quantitative estimate of drug-likeness (QED) is 0.736. The maximum Gasteiger partial charge on any atom is 0.275 e. The Labute approximate surface area is 134 Å². The van der Waals surface area contributed by atoms with Gasteiger partial charge in [-0.15, -0.1) is 0 Å². The molecule has 2 aliphatic rings. The zero-order valence-electron chi connectivity index (χ0n) is 15.1. The third kappa shape index (κ3) is 3.98. The van der Waals surface area contributed by atoms with Gasteiger partial charge in [0.25, 0.3) is 5.92 Å². The fourth-order valence-electron chi connectivity index (χ4n) is 3.65. The lowest BCUT2D eigenvalue weighted by atomic mass is 9.93. The summed E-state index contributed by atoms with van der Waals surface area (Å²) in [5, 5.41) is 0. The van der Waals surface area contributed by atoms with Crippen LogP contribution in [0.25, 0.3) is 0 Å². The van der Waals surface area contributed by atoms with Crippen LogP contribution >= 0.6 is 0 Å². The van der Waals surface area contributed by atoms with Gasteiger partial charge in [0.05, 0.1) is 12.6 Å². The number of piperidine rings is 1. The molecule has 0 aromatic heterocycles. The van der Waals surface area contributed by atoms with Crippen molar-refractivity contribution in [2.45, 2.75) is 71.0 Å². The van der Waals surface area contributed by atoms with E-state index in [1.54, 1.807) is 0 Å². The van der Waals surface area contributed by atoms with E-state index >= 15 is 0 Å². The Bertz CT molecular complexity index is 376. The minimum atomic E-state index is -2.62. The zero-order valence-corrected chi connectivity index (χ0v) is 15.1. The summed E-state index contributed by atoms with van der Waals surface area (Å²) in [6.07, 6.45) is 0.569. The average Bonchev–Trinajstić information content (AvgIpc) is 2.35. The van der Waals surface area contributed by atoms with E-state index in [-0.39, 0.29) is 17.6 Å². The summed E-state index contributed by atoms with van der Waals surface area (Å²) in [6, 6.07) is -0.590. The molecule has 5 heteroatoms. The molecule has 130 valence electrons. The van der Waals surface area contributed by atoms with Gasteiger partial charge in [-0.05, 0) is 48.0 Å². The van der Waals surface area contributed by atoms with Crippen LogP contribution < -0.4 is 0 Å². The Morgan fingerprint density at radius 1 is 0.773 bits per heavy atom. The number of halogens is 2. The van der Waals surface area contributed by atoms with E-state index in [1.807, 2.05) is 30.6 Å². The highest BCUT2D eigenvalue weighted by molar-refractivity contribution is 4.97. The molecule has 0 aliphatic carbocycles. The van der Waals surface area contributed by atoms with Crippen molar-refractivity contribution in [3.8, 4) is 0 Å². The molecule has 2 aliphatic heterocycles. The molecule has 22 heavy (non-hydrogen) atoms. The van der Waals surface area contributed by atoms with Gasteiger partial charge in [-0.3, -0.25) is 14.7 Å². The van der Waals surface area contributed by atoms with Crippen molar-refractivity contribution in [1.82, 2.24) is 14.7 Å². The molecule has 0 saturated carbocycles. The monoisotopic (exact) mass is 317 g/mol.